The number of hydrogen-bond acceptors (Lipinski definition) is 3. The molecule has 0 saturated carbocycles. The van der Waals surface area contributed by atoms with Gasteiger partial charge in [-0.05, 0) is 42.8 Å². The van der Waals surface area contributed by atoms with Crippen LogP contribution >= 0.6 is 27.7 Å². The highest BCUT2D eigenvalue weighted by atomic mass is 79.9. The molecule has 98 valence electrons. The van der Waals surface area contributed by atoms with Crippen LogP contribution in [0.1, 0.15) is 11.1 Å². The normalized spacial score (nSPS) is 10.7. The first-order valence-corrected chi connectivity index (χ1v) is 7.60. The van der Waals surface area contributed by atoms with Gasteiger partial charge in [-0.3, -0.25) is 0 Å². The van der Waals surface area contributed by atoms with Crippen molar-refractivity contribution in [1.82, 2.24) is 9.97 Å². The maximum atomic E-state index is 9.18. The summed E-state index contributed by atoms with van der Waals surface area (Å²) in [6.07, 6.45) is 0. The van der Waals surface area contributed by atoms with Crippen LogP contribution in [0.4, 0.5) is 0 Å². The fraction of sp³-hybridized carbons (Fsp3) is 0.0667. The monoisotopic (exact) mass is 343 g/mol. The Bertz CT molecular complexity index is 833. The van der Waals surface area contributed by atoms with Crippen molar-refractivity contribution in [2.45, 2.75) is 17.0 Å². The molecule has 3 rings (SSSR count). The molecule has 0 aliphatic heterocycles. The second-order valence-corrected chi connectivity index (χ2v) is 6.36. The molecule has 0 unspecified atom stereocenters. The van der Waals surface area contributed by atoms with E-state index in [1.54, 1.807) is 0 Å². The van der Waals surface area contributed by atoms with Crippen LogP contribution in [0.3, 0.4) is 0 Å². The van der Waals surface area contributed by atoms with Gasteiger partial charge < -0.3 is 4.98 Å². The first-order valence-electron chi connectivity index (χ1n) is 5.99. The van der Waals surface area contributed by atoms with Crippen molar-refractivity contribution in [3.05, 3.63) is 52.0 Å². The van der Waals surface area contributed by atoms with Gasteiger partial charge in [-0.15, -0.1) is 0 Å². The first kappa shape index (κ1) is 13.2. The lowest BCUT2D eigenvalue weighted by atomic mass is 10.2. The molecule has 1 heterocycles. The molecule has 1 N–H and O–H groups in total. The van der Waals surface area contributed by atoms with Crippen LogP contribution in [0.25, 0.3) is 11.0 Å². The molecule has 0 bridgehead atoms. The summed E-state index contributed by atoms with van der Waals surface area (Å²) in [6, 6.07) is 14.0. The Labute approximate surface area is 129 Å². The van der Waals surface area contributed by atoms with Crippen LogP contribution in [-0.2, 0) is 0 Å². The molecule has 1 aromatic heterocycles. The van der Waals surface area contributed by atoms with Crippen molar-refractivity contribution >= 4 is 38.7 Å². The fourth-order valence-corrected chi connectivity index (χ4v) is 3.16. The van der Waals surface area contributed by atoms with Gasteiger partial charge in [-0.25, -0.2) is 4.98 Å². The molecule has 0 radical (unpaired) electrons. The van der Waals surface area contributed by atoms with Crippen molar-refractivity contribution in [2.75, 3.05) is 0 Å². The van der Waals surface area contributed by atoms with Gasteiger partial charge in [-0.2, -0.15) is 5.26 Å². The van der Waals surface area contributed by atoms with Gasteiger partial charge >= 0.3 is 0 Å². The Morgan fingerprint density at radius 2 is 2.10 bits per heavy atom. The molecule has 2 aromatic carbocycles. The average molecular weight is 344 g/mol. The quantitative estimate of drug-likeness (QED) is 0.736. The Balaban J connectivity index is 1.99. The summed E-state index contributed by atoms with van der Waals surface area (Å²) in [7, 11) is 0. The fourth-order valence-electron chi connectivity index (χ4n) is 1.93. The highest BCUT2D eigenvalue weighted by Gasteiger charge is 2.09. The summed E-state index contributed by atoms with van der Waals surface area (Å²) in [6.45, 7) is 2.05. The maximum Gasteiger partial charge on any atom is 0.171 e. The van der Waals surface area contributed by atoms with Gasteiger partial charge in [-0.1, -0.05) is 33.8 Å². The van der Waals surface area contributed by atoms with E-state index in [9.17, 15) is 5.26 Å². The van der Waals surface area contributed by atoms with E-state index in [1.165, 1.54) is 17.3 Å². The molecule has 0 saturated heterocycles. The molecule has 0 aliphatic carbocycles. The molecule has 3 nitrogen and oxygen atoms in total. The lowest BCUT2D eigenvalue weighted by Gasteiger charge is -2.01. The topological polar surface area (TPSA) is 52.5 Å². The zero-order valence-corrected chi connectivity index (χ0v) is 13.0. The average Bonchev–Trinajstić information content (AvgIpc) is 2.82. The number of nitrogens with one attached hydrogen (secondary N) is 1. The van der Waals surface area contributed by atoms with Crippen molar-refractivity contribution < 1.29 is 0 Å². The van der Waals surface area contributed by atoms with Crippen LogP contribution < -0.4 is 0 Å². The minimum absolute atomic E-state index is 0.640. The van der Waals surface area contributed by atoms with Gasteiger partial charge in [0.1, 0.15) is 6.07 Å². The van der Waals surface area contributed by atoms with E-state index in [4.69, 9.17) is 0 Å². The van der Waals surface area contributed by atoms with Crippen molar-refractivity contribution in [1.29, 1.82) is 5.26 Å². The smallest absolute Gasteiger partial charge is 0.171 e. The number of fused-ring (bicyclic) bond motifs is 1. The van der Waals surface area contributed by atoms with E-state index in [0.717, 1.165) is 25.6 Å². The first-order chi connectivity index (χ1) is 9.65. The second-order valence-electron chi connectivity index (χ2n) is 4.42. The third-order valence-corrected chi connectivity index (χ3v) is 4.34. The minimum atomic E-state index is 0.640. The third-order valence-electron chi connectivity index (χ3n) is 2.88. The maximum absolute atomic E-state index is 9.18. The number of rotatable bonds is 2. The van der Waals surface area contributed by atoms with E-state index in [1.807, 2.05) is 30.3 Å². The largest absolute Gasteiger partial charge is 0.333 e. The Morgan fingerprint density at radius 3 is 2.90 bits per heavy atom. The lowest BCUT2D eigenvalue weighted by Crippen LogP contribution is -1.82. The standard InChI is InChI=1S/C15H10BrN3S/c1-9-2-4-12-13(6-9)19-15(18-12)20-14-5-3-11(16)7-10(14)8-17/h2-7H,1H3,(H,18,19). The van der Waals surface area contributed by atoms with Crippen molar-refractivity contribution in [2.24, 2.45) is 0 Å². The number of aryl methyl sites for hydroxylation is 1. The van der Waals surface area contributed by atoms with E-state index < -0.39 is 0 Å². The predicted molar refractivity (Wildman–Crippen MR) is 83.8 cm³/mol. The summed E-state index contributed by atoms with van der Waals surface area (Å²) < 4.78 is 0.902. The molecule has 5 heteroatoms. The SMILES string of the molecule is Cc1ccc2nc(Sc3ccc(Br)cc3C#N)[nH]c2c1. The third kappa shape index (κ3) is 2.58. The zero-order chi connectivity index (χ0) is 14.1. The van der Waals surface area contributed by atoms with Crippen molar-refractivity contribution in [3.8, 4) is 6.07 Å². The number of halogens is 1. The minimum Gasteiger partial charge on any atom is -0.333 e. The summed E-state index contributed by atoms with van der Waals surface area (Å²) >= 11 is 4.84. The Kier molecular flexibility index (Phi) is 3.51. The molecule has 0 amide bonds. The van der Waals surface area contributed by atoms with Crippen LogP contribution in [0.15, 0.2) is 50.9 Å². The number of imidazole rings is 1. The van der Waals surface area contributed by atoms with Crippen LogP contribution in [0.5, 0.6) is 0 Å². The lowest BCUT2D eigenvalue weighted by molar-refractivity contribution is 1.08. The molecule has 0 fully saturated rings. The van der Waals surface area contributed by atoms with E-state index in [-0.39, 0.29) is 0 Å². The zero-order valence-electron chi connectivity index (χ0n) is 10.6. The number of aromatic amines is 1. The molecular formula is C15H10BrN3S. The van der Waals surface area contributed by atoms with E-state index in [0.29, 0.717) is 5.56 Å². The number of nitrogens with zero attached hydrogens (tertiary/aromatic N) is 2. The Morgan fingerprint density at radius 1 is 1.25 bits per heavy atom. The van der Waals surface area contributed by atoms with Gasteiger partial charge in [0.25, 0.3) is 0 Å². The number of benzene rings is 2. The number of nitriles is 1. The summed E-state index contributed by atoms with van der Waals surface area (Å²) in [5.41, 5.74) is 3.79. The van der Waals surface area contributed by atoms with E-state index in [2.05, 4.69) is 45.0 Å². The summed E-state index contributed by atoms with van der Waals surface area (Å²) in [4.78, 5) is 8.71. The predicted octanol–water partition coefficient (Wildman–Crippen LogP) is 4.66. The van der Waals surface area contributed by atoms with Gasteiger partial charge in [0, 0.05) is 9.37 Å². The van der Waals surface area contributed by atoms with Crippen LogP contribution in [0.2, 0.25) is 0 Å². The van der Waals surface area contributed by atoms with Crippen molar-refractivity contribution in [3.63, 3.8) is 0 Å². The molecule has 20 heavy (non-hydrogen) atoms. The molecule has 0 atom stereocenters. The molecule has 0 aliphatic rings. The Hall–Kier alpha value is -1.77. The van der Waals surface area contributed by atoms with Crippen LogP contribution in [-0.4, -0.2) is 9.97 Å². The van der Waals surface area contributed by atoms with Gasteiger partial charge in [0.15, 0.2) is 5.16 Å². The van der Waals surface area contributed by atoms with E-state index >= 15 is 0 Å². The highest BCUT2D eigenvalue weighted by molar-refractivity contribution is 9.10. The second kappa shape index (κ2) is 5.31. The summed E-state index contributed by atoms with van der Waals surface area (Å²) in [5.74, 6) is 0. The molecular weight excluding hydrogens is 334 g/mol. The number of H-pyrrole nitrogens is 1. The molecule has 3 aromatic rings. The van der Waals surface area contributed by atoms with Gasteiger partial charge in [0.05, 0.1) is 16.6 Å². The number of aromatic nitrogens is 2. The molecule has 0 spiro atoms. The summed E-state index contributed by atoms with van der Waals surface area (Å²) in [5, 5.41) is 9.98. The number of hydrogen-bond donors (Lipinski definition) is 1. The van der Waals surface area contributed by atoms with Gasteiger partial charge in [0.2, 0.25) is 0 Å². The van der Waals surface area contributed by atoms with Crippen LogP contribution in [0, 0.1) is 18.3 Å². The highest BCUT2D eigenvalue weighted by Crippen LogP contribution is 2.31.